The highest BCUT2D eigenvalue weighted by Gasteiger charge is 2.30. The second-order valence-electron chi connectivity index (χ2n) is 7.50. The molecule has 1 unspecified atom stereocenters. The van der Waals surface area contributed by atoms with E-state index >= 15 is 0 Å². The number of hydrogen-bond donors (Lipinski definition) is 1. The second-order valence-corrected chi connectivity index (χ2v) is 8.35. The van der Waals surface area contributed by atoms with Crippen LogP contribution in [0.1, 0.15) is 56.9 Å². The number of benzene rings is 2. The molecule has 126 valence electrons. The summed E-state index contributed by atoms with van der Waals surface area (Å²) in [5, 5.41) is 11.3. The van der Waals surface area contributed by atoms with Crippen molar-refractivity contribution in [2.45, 2.75) is 51.4 Å². The fourth-order valence-corrected chi connectivity index (χ4v) is 5.08. The highest BCUT2D eigenvalue weighted by molar-refractivity contribution is 9.10. The summed E-state index contributed by atoms with van der Waals surface area (Å²) in [4.78, 5) is 2.27. The molecule has 1 aliphatic carbocycles. The minimum Gasteiger partial charge on any atom is -0.329 e. The van der Waals surface area contributed by atoms with E-state index < -0.39 is 0 Å². The number of hydrogen-bond acceptors (Lipinski definition) is 1. The zero-order chi connectivity index (χ0) is 16.7. The van der Waals surface area contributed by atoms with E-state index in [-0.39, 0.29) is 0 Å². The average Bonchev–Trinajstić information content (AvgIpc) is 2.94. The average molecular weight is 385 g/mol. The Morgan fingerprint density at radius 3 is 2.71 bits per heavy atom. The molecule has 4 rings (SSSR count). The first-order chi connectivity index (χ1) is 11.6. The molecule has 1 saturated carbocycles. The van der Waals surface area contributed by atoms with E-state index in [0.29, 0.717) is 5.92 Å². The van der Waals surface area contributed by atoms with Crippen LogP contribution in [0.5, 0.6) is 0 Å². The molecule has 0 radical (unpaired) electrons. The van der Waals surface area contributed by atoms with E-state index in [4.69, 9.17) is 5.41 Å². The van der Waals surface area contributed by atoms with E-state index in [1.54, 1.807) is 0 Å². The summed E-state index contributed by atoms with van der Waals surface area (Å²) in [5.41, 5.74) is 2.68. The van der Waals surface area contributed by atoms with Gasteiger partial charge in [-0.1, -0.05) is 73.2 Å². The van der Waals surface area contributed by atoms with Crippen molar-refractivity contribution in [3.8, 4) is 0 Å². The van der Waals surface area contributed by atoms with Gasteiger partial charge >= 0.3 is 0 Å². The largest absolute Gasteiger partial charge is 0.329 e. The zero-order valence-electron chi connectivity index (χ0n) is 14.3. The van der Waals surface area contributed by atoms with Crippen LogP contribution in [-0.4, -0.2) is 12.4 Å². The monoisotopic (exact) mass is 384 g/mol. The Morgan fingerprint density at radius 2 is 1.92 bits per heavy atom. The summed E-state index contributed by atoms with van der Waals surface area (Å²) >= 11 is 3.68. The Bertz CT molecular complexity index is 777. The van der Waals surface area contributed by atoms with Gasteiger partial charge in [0.25, 0.3) is 0 Å². The SMILES string of the molecule is CC1CN(C(=N)CC2CCCCC2)c2ccc3c(Br)cccc3c21. The maximum absolute atomic E-state index is 8.71. The third-order valence-corrected chi connectivity index (χ3v) is 6.49. The fourth-order valence-electron chi connectivity index (χ4n) is 4.58. The van der Waals surface area contributed by atoms with Crippen molar-refractivity contribution in [1.82, 2.24) is 0 Å². The summed E-state index contributed by atoms with van der Waals surface area (Å²) in [7, 11) is 0. The van der Waals surface area contributed by atoms with Crippen LogP contribution in [0, 0.1) is 11.3 Å². The van der Waals surface area contributed by atoms with Crippen LogP contribution in [-0.2, 0) is 0 Å². The van der Waals surface area contributed by atoms with Crippen molar-refractivity contribution in [2.24, 2.45) is 5.92 Å². The Balaban J connectivity index is 1.66. The molecule has 1 heterocycles. The van der Waals surface area contributed by atoms with E-state index in [9.17, 15) is 0 Å². The van der Waals surface area contributed by atoms with Crippen LogP contribution < -0.4 is 4.90 Å². The van der Waals surface area contributed by atoms with Gasteiger partial charge in [0.15, 0.2) is 0 Å². The van der Waals surface area contributed by atoms with Crippen LogP contribution in [0.15, 0.2) is 34.8 Å². The summed E-state index contributed by atoms with van der Waals surface area (Å²) in [6, 6.07) is 10.9. The molecule has 1 atom stereocenters. The lowest BCUT2D eigenvalue weighted by Crippen LogP contribution is -2.30. The minimum atomic E-state index is 0.477. The molecular formula is C21H25BrN2. The molecule has 0 saturated heterocycles. The number of halogens is 1. The van der Waals surface area contributed by atoms with Gasteiger partial charge in [0.2, 0.25) is 0 Å². The molecule has 0 amide bonds. The molecule has 2 aromatic rings. The van der Waals surface area contributed by atoms with Gasteiger partial charge in [0, 0.05) is 29.0 Å². The third kappa shape index (κ3) is 2.77. The van der Waals surface area contributed by atoms with Crippen molar-refractivity contribution < 1.29 is 0 Å². The van der Waals surface area contributed by atoms with Gasteiger partial charge < -0.3 is 4.90 Å². The second kappa shape index (κ2) is 6.51. The van der Waals surface area contributed by atoms with E-state index in [0.717, 1.165) is 29.2 Å². The molecule has 0 spiro atoms. The predicted molar refractivity (Wildman–Crippen MR) is 106 cm³/mol. The van der Waals surface area contributed by atoms with Crippen molar-refractivity contribution >= 4 is 38.2 Å². The van der Waals surface area contributed by atoms with Crippen LogP contribution >= 0.6 is 15.9 Å². The van der Waals surface area contributed by atoms with Gasteiger partial charge in [-0.05, 0) is 34.4 Å². The number of fused-ring (bicyclic) bond motifs is 3. The molecule has 3 heteroatoms. The summed E-state index contributed by atoms with van der Waals surface area (Å²) in [6.07, 6.45) is 7.65. The highest BCUT2D eigenvalue weighted by atomic mass is 79.9. The number of amidine groups is 1. The topological polar surface area (TPSA) is 27.1 Å². The fraction of sp³-hybridized carbons (Fsp3) is 0.476. The quantitative estimate of drug-likeness (QED) is 0.465. The summed E-state index contributed by atoms with van der Waals surface area (Å²) in [5.74, 6) is 2.02. The molecule has 2 aromatic carbocycles. The first-order valence-electron chi connectivity index (χ1n) is 9.21. The molecule has 2 aliphatic rings. The Hall–Kier alpha value is -1.35. The first kappa shape index (κ1) is 16.1. The molecule has 2 nitrogen and oxygen atoms in total. The maximum atomic E-state index is 8.71. The third-order valence-electron chi connectivity index (χ3n) is 5.80. The van der Waals surface area contributed by atoms with Gasteiger partial charge in [-0.3, -0.25) is 5.41 Å². The van der Waals surface area contributed by atoms with Gasteiger partial charge in [0.1, 0.15) is 5.84 Å². The van der Waals surface area contributed by atoms with Crippen LogP contribution in [0.25, 0.3) is 10.8 Å². The highest BCUT2D eigenvalue weighted by Crippen LogP contribution is 2.43. The maximum Gasteiger partial charge on any atom is 0.101 e. The molecular weight excluding hydrogens is 360 g/mol. The molecule has 0 aromatic heterocycles. The van der Waals surface area contributed by atoms with Crippen molar-refractivity contribution in [1.29, 1.82) is 5.41 Å². The first-order valence-corrected chi connectivity index (χ1v) is 10.0. The van der Waals surface area contributed by atoms with E-state index in [1.165, 1.54) is 54.1 Å². The van der Waals surface area contributed by atoms with E-state index in [1.807, 2.05) is 0 Å². The van der Waals surface area contributed by atoms with Gasteiger partial charge in [-0.25, -0.2) is 0 Å². The predicted octanol–water partition coefficient (Wildman–Crippen LogP) is 6.47. The molecule has 0 bridgehead atoms. The zero-order valence-corrected chi connectivity index (χ0v) is 15.9. The molecule has 1 N–H and O–H groups in total. The number of anilines is 1. The number of nitrogens with zero attached hydrogens (tertiary/aromatic N) is 1. The van der Waals surface area contributed by atoms with Crippen LogP contribution in [0.2, 0.25) is 0 Å². The van der Waals surface area contributed by atoms with Gasteiger partial charge in [-0.15, -0.1) is 0 Å². The smallest absolute Gasteiger partial charge is 0.101 e. The Labute approximate surface area is 152 Å². The standard InChI is InChI=1S/C21H25BrN2/c1-14-13-24(20(23)12-15-6-3-2-4-7-15)19-11-10-16-17(21(14)19)8-5-9-18(16)22/h5,8-11,14-15,23H,2-4,6-7,12-13H2,1H3. The lowest BCUT2D eigenvalue weighted by atomic mass is 9.86. The number of rotatable bonds is 2. The lowest BCUT2D eigenvalue weighted by Gasteiger charge is -2.26. The normalized spacial score (nSPS) is 21.2. The number of nitrogens with one attached hydrogen (secondary N) is 1. The minimum absolute atomic E-state index is 0.477. The van der Waals surface area contributed by atoms with Gasteiger partial charge in [-0.2, -0.15) is 0 Å². The van der Waals surface area contributed by atoms with Crippen molar-refractivity contribution in [3.05, 3.63) is 40.4 Å². The summed E-state index contributed by atoms with van der Waals surface area (Å²) < 4.78 is 1.16. The van der Waals surface area contributed by atoms with E-state index in [2.05, 4.69) is 58.1 Å². The molecule has 24 heavy (non-hydrogen) atoms. The Morgan fingerprint density at radius 1 is 1.12 bits per heavy atom. The van der Waals surface area contributed by atoms with Crippen molar-refractivity contribution in [2.75, 3.05) is 11.4 Å². The van der Waals surface area contributed by atoms with Crippen LogP contribution in [0.4, 0.5) is 5.69 Å². The van der Waals surface area contributed by atoms with Crippen LogP contribution in [0.3, 0.4) is 0 Å². The lowest BCUT2D eigenvalue weighted by molar-refractivity contribution is 0.366. The molecule has 1 aliphatic heterocycles. The Kier molecular flexibility index (Phi) is 4.38. The van der Waals surface area contributed by atoms with Gasteiger partial charge in [0.05, 0.1) is 0 Å². The molecule has 1 fully saturated rings. The van der Waals surface area contributed by atoms with Crippen molar-refractivity contribution in [3.63, 3.8) is 0 Å². The summed E-state index contributed by atoms with van der Waals surface area (Å²) in [6.45, 7) is 3.25.